The van der Waals surface area contributed by atoms with E-state index in [-0.39, 0.29) is 6.04 Å². The number of aromatic nitrogens is 2. The Kier molecular flexibility index (Phi) is 3.62. The number of hydrogen-bond donors (Lipinski definition) is 3. The fourth-order valence-electron chi connectivity index (χ4n) is 2.04. The SMILES string of the molecule is Nc1ccc2nc(SCC(N)c3ccccc3)[nH]c2c1. The largest absolute Gasteiger partial charge is 0.399 e. The summed E-state index contributed by atoms with van der Waals surface area (Å²) in [6.45, 7) is 0. The third kappa shape index (κ3) is 2.79. The highest BCUT2D eigenvalue weighted by Gasteiger charge is 2.09. The van der Waals surface area contributed by atoms with Crippen LogP contribution >= 0.6 is 11.8 Å². The Balaban J connectivity index is 1.71. The minimum atomic E-state index is -0.000480. The number of nitrogens with two attached hydrogens (primary N) is 2. The van der Waals surface area contributed by atoms with Gasteiger partial charge in [-0.25, -0.2) is 4.98 Å². The van der Waals surface area contributed by atoms with Crippen LogP contribution in [-0.4, -0.2) is 15.7 Å². The summed E-state index contributed by atoms with van der Waals surface area (Å²) in [7, 11) is 0. The van der Waals surface area contributed by atoms with Crippen LogP contribution in [0, 0.1) is 0 Å². The molecule has 0 aliphatic heterocycles. The molecule has 3 aromatic rings. The molecule has 1 heterocycles. The van der Waals surface area contributed by atoms with Crippen LogP contribution < -0.4 is 11.5 Å². The number of nitrogen functional groups attached to an aromatic ring is 1. The van der Waals surface area contributed by atoms with Crippen LogP contribution in [0.25, 0.3) is 11.0 Å². The standard InChI is InChI=1S/C15H16N4S/c16-11-6-7-13-14(8-11)19-15(18-13)20-9-12(17)10-4-2-1-3-5-10/h1-8,12H,9,16-17H2,(H,18,19). The van der Waals surface area contributed by atoms with E-state index in [1.165, 1.54) is 0 Å². The first-order valence-electron chi connectivity index (χ1n) is 6.41. The van der Waals surface area contributed by atoms with Gasteiger partial charge in [-0.15, -0.1) is 0 Å². The van der Waals surface area contributed by atoms with Crippen molar-refractivity contribution in [3.05, 3.63) is 54.1 Å². The number of nitrogens with one attached hydrogen (secondary N) is 1. The summed E-state index contributed by atoms with van der Waals surface area (Å²) in [6, 6.07) is 15.8. The molecule has 0 aliphatic carbocycles. The van der Waals surface area contributed by atoms with Crippen LogP contribution in [0.3, 0.4) is 0 Å². The van der Waals surface area contributed by atoms with E-state index in [1.807, 2.05) is 48.5 Å². The molecule has 0 spiro atoms. The summed E-state index contributed by atoms with van der Waals surface area (Å²) in [6.07, 6.45) is 0. The predicted molar refractivity (Wildman–Crippen MR) is 84.6 cm³/mol. The van der Waals surface area contributed by atoms with E-state index >= 15 is 0 Å². The number of anilines is 1. The molecule has 5 N–H and O–H groups in total. The molecule has 0 aliphatic rings. The van der Waals surface area contributed by atoms with Gasteiger partial charge in [0.15, 0.2) is 5.16 Å². The lowest BCUT2D eigenvalue weighted by molar-refractivity contribution is 0.829. The van der Waals surface area contributed by atoms with E-state index in [0.717, 1.165) is 33.2 Å². The van der Waals surface area contributed by atoms with Crippen LogP contribution in [0.2, 0.25) is 0 Å². The molecule has 1 atom stereocenters. The van der Waals surface area contributed by atoms with Crippen molar-refractivity contribution in [1.82, 2.24) is 9.97 Å². The Hall–Kier alpha value is -1.98. The summed E-state index contributed by atoms with van der Waals surface area (Å²) in [4.78, 5) is 7.78. The molecule has 1 aromatic heterocycles. The minimum absolute atomic E-state index is 0.000480. The lowest BCUT2D eigenvalue weighted by Gasteiger charge is -2.09. The maximum Gasteiger partial charge on any atom is 0.166 e. The Morgan fingerprint density at radius 3 is 2.75 bits per heavy atom. The third-order valence-electron chi connectivity index (χ3n) is 3.11. The number of benzene rings is 2. The quantitative estimate of drug-likeness (QED) is 0.508. The van der Waals surface area contributed by atoms with E-state index in [0.29, 0.717) is 0 Å². The number of thioether (sulfide) groups is 1. The Labute approximate surface area is 121 Å². The van der Waals surface area contributed by atoms with Gasteiger partial charge in [0.1, 0.15) is 0 Å². The number of H-pyrrole nitrogens is 1. The minimum Gasteiger partial charge on any atom is -0.399 e. The molecule has 4 nitrogen and oxygen atoms in total. The van der Waals surface area contributed by atoms with Crippen LogP contribution in [0.1, 0.15) is 11.6 Å². The van der Waals surface area contributed by atoms with Crippen LogP contribution in [0.5, 0.6) is 0 Å². The third-order valence-corrected chi connectivity index (χ3v) is 4.10. The zero-order chi connectivity index (χ0) is 13.9. The van der Waals surface area contributed by atoms with Gasteiger partial charge in [-0.3, -0.25) is 0 Å². The molecular formula is C15H16N4S. The van der Waals surface area contributed by atoms with Crippen LogP contribution in [-0.2, 0) is 0 Å². The predicted octanol–water partition coefficient (Wildman–Crippen LogP) is 2.94. The second-order valence-electron chi connectivity index (χ2n) is 4.65. The van der Waals surface area contributed by atoms with Gasteiger partial charge in [0.2, 0.25) is 0 Å². The average Bonchev–Trinajstić information content (AvgIpc) is 2.87. The Morgan fingerprint density at radius 2 is 1.95 bits per heavy atom. The maximum atomic E-state index is 6.18. The van der Waals surface area contributed by atoms with E-state index in [4.69, 9.17) is 11.5 Å². The van der Waals surface area contributed by atoms with Crippen LogP contribution in [0.4, 0.5) is 5.69 Å². The molecule has 2 aromatic carbocycles. The molecule has 0 radical (unpaired) electrons. The van der Waals surface area contributed by atoms with Crippen molar-refractivity contribution in [3.8, 4) is 0 Å². The second-order valence-corrected chi connectivity index (χ2v) is 5.66. The molecule has 102 valence electrons. The first kappa shape index (κ1) is 13.0. The fraction of sp³-hybridized carbons (Fsp3) is 0.133. The monoisotopic (exact) mass is 284 g/mol. The first-order chi connectivity index (χ1) is 9.72. The van der Waals surface area contributed by atoms with Crippen LogP contribution in [0.15, 0.2) is 53.7 Å². The van der Waals surface area contributed by atoms with Crippen molar-refractivity contribution < 1.29 is 0 Å². The number of rotatable bonds is 4. The number of nitrogens with zero attached hydrogens (tertiary/aromatic N) is 1. The fourth-order valence-corrected chi connectivity index (χ4v) is 2.91. The van der Waals surface area contributed by atoms with Crippen molar-refractivity contribution >= 4 is 28.5 Å². The van der Waals surface area contributed by atoms with E-state index in [2.05, 4.69) is 9.97 Å². The molecule has 3 rings (SSSR count). The van der Waals surface area contributed by atoms with E-state index < -0.39 is 0 Å². The maximum absolute atomic E-state index is 6.18. The Bertz CT molecular complexity index is 708. The summed E-state index contributed by atoms with van der Waals surface area (Å²) in [5.74, 6) is 0.777. The highest BCUT2D eigenvalue weighted by atomic mass is 32.2. The summed E-state index contributed by atoms with van der Waals surface area (Å²) < 4.78 is 0. The molecule has 20 heavy (non-hydrogen) atoms. The van der Waals surface area contributed by atoms with Gasteiger partial charge in [-0.05, 0) is 23.8 Å². The number of hydrogen-bond acceptors (Lipinski definition) is 4. The molecule has 5 heteroatoms. The van der Waals surface area contributed by atoms with E-state index in [9.17, 15) is 0 Å². The highest BCUT2D eigenvalue weighted by Crippen LogP contribution is 2.24. The molecule has 0 amide bonds. The molecule has 0 bridgehead atoms. The van der Waals surface area contributed by atoms with Crippen molar-refractivity contribution in [3.63, 3.8) is 0 Å². The summed E-state index contributed by atoms with van der Waals surface area (Å²) in [5, 5.41) is 0.872. The zero-order valence-electron chi connectivity index (χ0n) is 10.9. The van der Waals surface area contributed by atoms with E-state index in [1.54, 1.807) is 11.8 Å². The summed E-state index contributed by atoms with van der Waals surface area (Å²) in [5.41, 5.74) is 15.7. The normalized spacial score (nSPS) is 12.7. The van der Waals surface area contributed by atoms with Gasteiger partial charge in [0.05, 0.1) is 11.0 Å². The van der Waals surface area contributed by atoms with Gasteiger partial charge in [0, 0.05) is 17.5 Å². The lowest BCUT2D eigenvalue weighted by atomic mass is 10.1. The van der Waals surface area contributed by atoms with Crippen molar-refractivity contribution in [2.24, 2.45) is 5.73 Å². The zero-order valence-corrected chi connectivity index (χ0v) is 11.7. The molecule has 0 saturated heterocycles. The van der Waals surface area contributed by atoms with Crippen molar-refractivity contribution in [2.75, 3.05) is 11.5 Å². The van der Waals surface area contributed by atoms with Gasteiger partial charge in [0.25, 0.3) is 0 Å². The second kappa shape index (κ2) is 5.56. The molecule has 0 saturated carbocycles. The molecular weight excluding hydrogens is 268 g/mol. The molecule has 0 fully saturated rings. The number of imidazole rings is 1. The average molecular weight is 284 g/mol. The van der Waals surface area contributed by atoms with Gasteiger partial charge >= 0.3 is 0 Å². The van der Waals surface area contributed by atoms with Crippen molar-refractivity contribution in [2.45, 2.75) is 11.2 Å². The van der Waals surface area contributed by atoms with Gasteiger partial charge in [-0.1, -0.05) is 42.1 Å². The Morgan fingerprint density at radius 1 is 1.15 bits per heavy atom. The molecule has 1 unspecified atom stereocenters. The smallest absolute Gasteiger partial charge is 0.166 e. The first-order valence-corrected chi connectivity index (χ1v) is 7.39. The number of aromatic amines is 1. The highest BCUT2D eigenvalue weighted by molar-refractivity contribution is 7.99. The topological polar surface area (TPSA) is 80.7 Å². The van der Waals surface area contributed by atoms with Crippen molar-refractivity contribution in [1.29, 1.82) is 0 Å². The lowest BCUT2D eigenvalue weighted by Crippen LogP contribution is -2.12. The van der Waals surface area contributed by atoms with Gasteiger partial charge in [-0.2, -0.15) is 0 Å². The number of fused-ring (bicyclic) bond motifs is 1. The summed E-state index contributed by atoms with van der Waals surface area (Å²) >= 11 is 1.62. The van der Waals surface area contributed by atoms with Gasteiger partial charge < -0.3 is 16.5 Å².